The minimum atomic E-state index is -0.937. The summed E-state index contributed by atoms with van der Waals surface area (Å²) in [6.45, 7) is 2.71. The molecule has 10 heteroatoms. The number of rotatable bonds is 9. The Hall–Kier alpha value is -3.44. The molecule has 38 heavy (non-hydrogen) atoms. The highest BCUT2D eigenvalue weighted by molar-refractivity contribution is 7.99. The van der Waals surface area contributed by atoms with E-state index in [1.807, 2.05) is 36.4 Å². The number of carbonyl (C=O) groups excluding carboxylic acids is 2. The molecule has 0 aliphatic carbocycles. The number of aliphatic hydroxyl groups excluding tert-OH is 1. The van der Waals surface area contributed by atoms with Gasteiger partial charge in [-0.15, -0.1) is 0 Å². The van der Waals surface area contributed by atoms with Crippen molar-refractivity contribution in [3.05, 3.63) is 94.8 Å². The maximum Gasteiger partial charge on any atom is 0.303 e. The Balaban J connectivity index is 1.53. The monoisotopic (exact) mass is 538 g/mol. The number of hydrogen-bond donors (Lipinski definition) is 2. The van der Waals surface area contributed by atoms with Crippen LogP contribution in [0.1, 0.15) is 49.4 Å². The molecule has 1 aliphatic heterocycles. The molecule has 0 spiro atoms. The Bertz CT molecular complexity index is 1250. The zero-order valence-corrected chi connectivity index (χ0v) is 21.9. The summed E-state index contributed by atoms with van der Waals surface area (Å²) in [6.07, 6.45) is -0.149. The van der Waals surface area contributed by atoms with E-state index in [0.717, 1.165) is 15.9 Å². The predicted molar refractivity (Wildman–Crippen MR) is 141 cm³/mol. The third-order valence-corrected chi connectivity index (χ3v) is 7.11. The van der Waals surface area contributed by atoms with Crippen molar-refractivity contribution in [3.8, 4) is 0 Å². The molecular formula is C28H30N2O7S. The van der Waals surface area contributed by atoms with Gasteiger partial charge in [0.05, 0.1) is 18.8 Å². The zero-order chi connectivity index (χ0) is 27.1. The minimum Gasteiger partial charge on any atom is -0.618 e. The first kappa shape index (κ1) is 27.6. The largest absolute Gasteiger partial charge is 0.618 e. The molecule has 3 aromatic rings. The van der Waals surface area contributed by atoms with Gasteiger partial charge in [-0.05, 0) is 36.2 Å². The van der Waals surface area contributed by atoms with Gasteiger partial charge in [0.25, 0.3) is 10.9 Å². The number of hydrogen-bond acceptors (Lipinski definition) is 8. The Kier molecular flexibility index (Phi) is 9.35. The molecule has 200 valence electrons. The number of anilines is 1. The van der Waals surface area contributed by atoms with Crippen molar-refractivity contribution >= 4 is 29.3 Å². The van der Waals surface area contributed by atoms with Crippen LogP contribution >= 0.6 is 11.8 Å². The van der Waals surface area contributed by atoms with E-state index in [0.29, 0.717) is 28.5 Å². The molecule has 4 atom stereocenters. The Morgan fingerprint density at radius 2 is 1.92 bits per heavy atom. The molecule has 1 fully saturated rings. The Labute approximate surface area is 225 Å². The number of ether oxygens (including phenoxy) is 3. The second-order valence-electron chi connectivity index (χ2n) is 8.89. The van der Waals surface area contributed by atoms with E-state index in [-0.39, 0.29) is 18.8 Å². The number of nitrogens with one attached hydrogen (secondary N) is 1. The lowest BCUT2D eigenvalue weighted by Gasteiger charge is -2.36. The van der Waals surface area contributed by atoms with Crippen LogP contribution in [0.5, 0.6) is 0 Å². The van der Waals surface area contributed by atoms with Gasteiger partial charge in [0.1, 0.15) is 0 Å². The highest BCUT2D eigenvalue weighted by Gasteiger charge is 2.33. The summed E-state index contributed by atoms with van der Waals surface area (Å²) in [5.41, 5.74) is 2.97. The normalized spacial score (nSPS) is 19.9. The topological polar surface area (TPSA) is 121 Å². The molecule has 4 rings (SSSR count). The molecule has 1 aromatic heterocycles. The third kappa shape index (κ3) is 7.32. The van der Waals surface area contributed by atoms with Crippen molar-refractivity contribution in [1.82, 2.24) is 0 Å². The van der Waals surface area contributed by atoms with Crippen LogP contribution in [-0.4, -0.2) is 34.9 Å². The molecule has 1 amide bonds. The van der Waals surface area contributed by atoms with E-state index in [1.54, 1.807) is 30.3 Å². The molecule has 9 nitrogen and oxygen atoms in total. The number of thioether (sulfide) groups is 1. The van der Waals surface area contributed by atoms with Crippen molar-refractivity contribution in [1.29, 1.82) is 0 Å². The van der Waals surface area contributed by atoms with Crippen molar-refractivity contribution in [2.24, 2.45) is 0 Å². The van der Waals surface area contributed by atoms with Crippen LogP contribution in [0.4, 0.5) is 5.69 Å². The van der Waals surface area contributed by atoms with Crippen molar-refractivity contribution in [3.63, 3.8) is 0 Å². The summed E-state index contributed by atoms with van der Waals surface area (Å²) < 4.78 is 18.5. The number of esters is 1. The lowest BCUT2D eigenvalue weighted by Crippen LogP contribution is -2.33. The van der Waals surface area contributed by atoms with Gasteiger partial charge in [-0.1, -0.05) is 48.2 Å². The molecule has 1 saturated heterocycles. The zero-order valence-electron chi connectivity index (χ0n) is 21.1. The first-order valence-corrected chi connectivity index (χ1v) is 13.2. The fourth-order valence-corrected chi connectivity index (χ4v) is 4.97. The quantitative estimate of drug-likeness (QED) is 0.181. The average Bonchev–Trinajstić information content (AvgIpc) is 2.92. The maximum absolute atomic E-state index is 12.4. The highest BCUT2D eigenvalue weighted by Crippen LogP contribution is 2.39. The lowest BCUT2D eigenvalue weighted by atomic mass is 10.0. The van der Waals surface area contributed by atoms with E-state index in [9.17, 15) is 19.9 Å². The van der Waals surface area contributed by atoms with Gasteiger partial charge >= 0.3 is 5.97 Å². The Morgan fingerprint density at radius 1 is 1.13 bits per heavy atom. The van der Waals surface area contributed by atoms with Crippen LogP contribution in [0.2, 0.25) is 0 Å². The van der Waals surface area contributed by atoms with E-state index in [2.05, 4.69) is 5.32 Å². The molecule has 2 N–H and O–H groups in total. The molecule has 0 unspecified atom stereocenters. The van der Waals surface area contributed by atoms with E-state index >= 15 is 0 Å². The van der Waals surface area contributed by atoms with Gasteiger partial charge in [0, 0.05) is 42.5 Å². The molecular weight excluding hydrogens is 508 g/mol. The second-order valence-corrected chi connectivity index (χ2v) is 9.93. The summed E-state index contributed by atoms with van der Waals surface area (Å²) in [6, 6.07) is 20.0. The third-order valence-electron chi connectivity index (χ3n) is 5.96. The molecule has 0 saturated carbocycles. The predicted octanol–water partition coefficient (Wildman–Crippen LogP) is 4.04. The number of pyridine rings is 1. The molecule has 1 aliphatic rings. The van der Waals surface area contributed by atoms with Crippen molar-refractivity contribution in [2.75, 3.05) is 11.1 Å². The molecule has 2 heterocycles. The summed E-state index contributed by atoms with van der Waals surface area (Å²) in [5, 5.41) is 24.8. The van der Waals surface area contributed by atoms with Crippen LogP contribution in [0.15, 0.2) is 78.0 Å². The van der Waals surface area contributed by atoms with Crippen molar-refractivity contribution < 1.29 is 33.6 Å². The van der Waals surface area contributed by atoms with Gasteiger partial charge in [-0.25, -0.2) is 0 Å². The van der Waals surface area contributed by atoms with Gasteiger partial charge in [-0.2, -0.15) is 4.73 Å². The standard InChI is InChI=1S/C28H30N2O7S/c1-18(35-19(2)32)27(33)29-23-7-5-6-22(14-23)28-36-24(17-38-26-8-3-4-13-30(26)34)15-25(37-28)21-11-9-20(16-31)10-12-21/h3-14,18,24-25,28,31H,15-17H2,1-2H3,(H,29,33)/t18-,24-,25+,28+/m0/s1. The van der Waals surface area contributed by atoms with E-state index in [1.165, 1.54) is 31.8 Å². The first-order chi connectivity index (χ1) is 18.3. The molecule has 0 bridgehead atoms. The average molecular weight is 539 g/mol. The SMILES string of the molecule is CC(=O)O[C@@H](C)C(=O)Nc1cccc([C@@H]2O[C@H](CSc3cccc[n+]3[O-])C[C@H](c3ccc(CO)cc3)O2)c1. The highest BCUT2D eigenvalue weighted by atomic mass is 32.2. The summed E-state index contributed by atoms with van der Waals surface area (Å²) in [4.78, 5) is 23.6. The number of benzene rings is 2. The van der Waals surface area contributed by atoms with E-state index in [4.69, 9.17) is 14.2 Å². The second kappa shape index (κ2) is 12.9. The fraction of sp³-hybridized carbons (Fsp3) is 0.321. The number of aromatic nitrogens is 1. The Morgan fingerprint density at radius 3 is 2.63 bits per heavy atom. The first-order valence-electron chi connectivity index (χ1n) is 12.2. The maximum atomic E-state index is 12.4. The smallest absolute Gasteiger partial charge is 0.303 e. The lowest BCUT2D eigenvalue weighted by molar-refractivity contribution is -0.645. The summed E-state index contributed by atoms with van der Waals surface area (Å²) in [7, 11) is 0. The van der Waals surface area contributed by atoms with Crippen LogP contribution in [-0.2, 0) is 30.4 Å². The van der Waals surface area contributed by atoms with Crippen molar-refractivity contribution in [2.45, 2.75) is 56.5 Å². The van der Waals surface area contributed by atoms with Crippen LogP contribution < -0.4 is 10.0 Å². The van der Waals surface area contributed by atoms with Crippen LogP contribution in [0.3, 0.4) is 0 Å². The van der Waals surface area contributed by atoms with Gasteiger partial charge in [0.2, 0.25) is 0 Å². The van der Waals surface area contributed by atoms with E-state index < -0.39 is 24.3 Å². The molecule has 0 radical (unpaired) electrons. The number of carbonyl (C=O) groups is 2. The fourth-order valence-electron chi connectivity index (χ4n) is 4.03. The molecule has 2 aromatic carbocycles. The number of aliphatic hydroxyl groups is 1. The summed E-state index contributed by atoms with van der Waals surface area (Å²) in [5.74, 6) is -0.452. The van der Waals surface area contributed by atoms with Gasteiger partial charge in [-0.3, -0.25) is 9.59 Å². The van der Waals surface area contributed by atoms with Crippen LogP contribution in [0, 0.1) is 5.21 Å². The van der Waals surface area contributed by atoms with Crippen LogP contribution in [0.25, 0.3) is 0 Å². The summed E-state index contributed by atoms with van der Waals surface area (Å²) >= 11 is 1.41. The van der Waals surface area contributed by atoms with Gasteiger partial charge in [0.15, 0.2) is 18.6 Å². The minimum absolute atomic E-state index is 0.0440. The number of amides is 1. The van der Waals surface area contributed by atoms with Gasteiger partial charge < -0.3 is 29.8 Å². The number of nitrogens with zero attached hydrogens (tertiary/aromatic N) is 1.